The van der Waals surface area contributed by atoms with Gasteiger partial charge in [-0.15, -0.1) is 0 Å². The van der Waals surface area contributed by atoms with Crippen molar-refractivity contribution >= 4 is 31.4 Å². The number of sulfonamides is 2. The van der Waals surface area contributed by atoms with E-state index >= 15 is 0 Å². The molecule has 136 valence electrons. The van der Waals surface area contributed by atoms with E-state index in [1.54, 1.807) is 0 Å². The van der Waals surface area contributed by atoms with Crippen molar-refractivity contribution in [2.75, 3.05) is 28.1 Å². The molecule has 0 atom stereocenters. The van der Waals surface area contributed by atoms with Gasteiger partial charge in [-0.2, -0.15) is 0 Å². The van der Waals surface area contributed by atoms with Crippen LogP contribution in [0.5, 0.6) is 5.75 Å². The van der Waals surface area contributed by atoms with Gasteiger partial charge in [0.1, 0.15) is 23.9 Å². The van der Waals surface area contributed by atoms with Crippen LogP contribution in [-0.2, 0) is 20.0 Å². The van der Waals surface area contributed by atoms with Crippen LogP contribution in [0.2, 0.25) is 0 Å². The van der Waals surface area contributed by atoms with Gasteiger partial charge < -0.3 is 4.74 Å². The van der Waals surface area contributed by atoms with E-state index in [-0.39, 0.29) is 23.7 Å². The van der Waals surface area contributed by atoms with E-state index in [0.29, 0.717) is 5.75 Å². The normalized spacial score (nSPS) is 11.8. The molecule has 0 fully saturated rings. The Bertz CT molecular complexity index is 929. The summed E-state index contributed by atoms with van der Waals surface area (Å²) in [5, 5.41) is 0. The predicted octanol–water partition coefficient (Wildman–Crippen LogP) is 2.02. The summed E-state index contributed by atoms with van der Waals surface area (Å²) in [5.41, 5.74) is 0.459. The Kier molecular flexibility index (Phi) is 5.85. The number of halogens is 1. The van der Waals surface area contributed by atoms with Crippen LogP contribution >= 0.6 is 0 Å². The lowest BCUT2D eigenvalue weighted by atomic mass is 10.3. The van der Waals surface area contributed by atoms with E-state index in [2.05, 4.69) is 9.44 Å². The smallest absolute Gasteiger partial charge is 0.236 e. The van der Waals surface area contributed by atoms with Crippen LogP contribution in [0.25, 0.3) is 0 Å². The van der Waals surface area contributed by atoms with E-state index in [9.17, 15) is 21.2 Å². The van der Waals surface area contributed by atoms with Gasteiger partial charge in [-0.05, 0) is 42.5 Å². The number of hydrogen-bond acceptors (Lipinski definition) is 5. The second kappa shape index (κ2) is 7.70. The first-order valence-electron chi connectivity index (χ1n) is 7.10. The lowest BCUT2D eigenvalue weighted by molar-refractivity contribution is 0.340. The van der Waals surface area contributed by atoms with Crippen molar-refractivity contribution in [3.8, 4) is 5.75 Å². The van der Waals surface area contributed by atoms with Gasteiger partial charge in [0, 0.05) is 0 Å². The highest BCUT2D eigenvalue weighted by Gasteiger charge is 2.12. The maximum Gasteiger partial charge on any atom is 0.236 e. The SMILES string of the molecule is CS(=O)(=O)Nc1cccc(NS(=O)(=O)CCOc2ccc(F)cc2)c1. The van der Waals surface area contributed by atoms with Crippen molar-refractivity contribution in [3.63, 3.8) is 0 Å². The second-order valence-corrected chi connectivity index (χ2v) is 8.77. The van der Waals surface area contributed by atoms with E-state index < -0.39 is 25.9 Å². The zero-order valence-electron chi connectivity index (χ0n) is 13.3. The summed E-state index contributed by atoms with van der Waals surface area (Å²) in [6.45, 7) is -0.123. The van der Waals surface area contributed by atoms with Crippen molar-refractivity contribution < 1.29 is 26.0 Å². The van der Waals surface area contributed by atoms with Gasteiger partial charge in [0.05, 0.1) is 17.6 Å². The highest BCUT2D eigenvalue weighted by molar-refractivity contribution is 7.92. The number of rotatable bonds is 8. The fraction of sp³-hybridized carbons (Fsp3) is 0.200. The molecule has 0 aliphatic heterocycles. The molecule has 2 rings (SSSR count). The van der Waals surface area contributed by atoms with Crippen molar-refractivity contribution in [1.82, 2.24) is 0 Å². The molecule has 0 amide bonds. The molecule has 0 saturated carbocycles. The third-order valence-corrected chi connectivity index (χ3v) is 4.73. The Morgan fingerprint density at radius 2 is 1.56 bits per heavy atom. The minimum atomic E-state index is -3.70. The molecule has 7 nitrogen and oxygen atoms in total. The zero-order valence-corrected chi connectivity index (χ0v) is 14.9. The fourth-order valence-electron chi connectivity index (χ4n) is 1.89. The summed E-state index contributed by atoms with van der Waals surface area (Å²) >= 11 is 0. The lowest BCUT2D eigenvalue weighted by Crippen LogP contribution is -2.21. The van der Waals surface area contributed by atoms with Crippen LogP contribution < -0.4 is 14.2 Å². The molecule has 0 bridgehead atoms. The summed E-state index contributed by atoms with van der Waals surface area (Å²) in [7, 11) is -7.16. The highest BCUT2D eigenvalue weighted by atomic mass is 32.2. The van der Waals surface area contributed by atoms with E-state index in [4.69, 9.17) is 4.74 Å². The molecule has 2 aromatic carbocycles. The van der Waals surface area contributed by atoms with Gasteiger partial charge in [0.25, 0.3) is 0 Å². The molecule has 0 saturated heterocycles. The van der Waals surface area contributed by atoms with Crippen molar-refractivity contribution in [1.29, 1.82) is 0 Å². The molecule has 2 aromatic rings. The largest absolute Gasteiger partial charge is 0.492 e. The van der Waals surface area contributed by atoms with Crippen LogP contribution in [0.1, 0.15) is 0 Å². The van der Waals surface area contributed by atoms with Gasteiger partial charge in [-0.25, -0.2) is 21.2 Å². The second-order valence-electron chi connectivity index (χ2n) is 5.18. The summed E-state index contributed by atoms with van der Waals surface area (Å²) in [5.74, 6) is -0.381. The third kappa shape index (κ3) is 6.98. The molecule has 10 heteroatoms. The van der Waals surface area contributed by atoms with Crippen molar-refractivity contribution in [2.45, 2.75) is 0 Å². The Morgan fingerprint density at radius 1 is 0.960 bits per heavy atom. The molecule has 25 heavy (non-hydrogen) atoms. The number of benzene rings is 2. The van der Waals surface area contributed by atoms with Crippen LogP contribution in [0.4, 0.5) is 15.8 Å². The Balaban J connectivity index is 1.94. The van der Waals surface area contributed by atoms with Crippen LogP contribution in [-0.4, -0.2) is 35.5 Å². The predicted molar refractivity (Wildman–Crippen MR) is 94.2 cm³/mol. The summed E-state index contributed by atoms with van der Waals surface area (Å²) in [4.78, 5) is 0. The molecule has 0 radical (unpaired) electrons. The average Bonchev–Trinajstić information content (AvgIpc) is 2.47. The van der Waals surface area contributed by atoms with Crippen molar-refractivity contribution in [3.05, 3.63) is 54.3 Å². The van der Waals surface area contributed by atoms with Gasteiger partial charge in [-0.3, -0.25) is 9.44 Å². The molecule has 0 spiro atoms. The van der Waals surface area contributed by atoms with E-state index in [0.717, 1.165) is 6.26 Å². The first-order valence-corrected chi connectivity index (χ1v) is 10.6. The molecular weight excluding hydrogens is 371 g/mol. The summed E-state index contributed by atoms with van der Waals surface area (Å²) in [6, 6.07) is 11.1. The molecule has 2 N–H and O–H groups in total. The molecule has 0 aliphatic carbocycles. The van der Waals surface area contributed by atoms with Gasteiger partial charge in [0.2, 0.25) is 20.0 Å². The van der Waals surface area contributed by atoms with Crippen molar-refractivity contribution in [2.24, 2.45) is 0 Å². The molecule has 0 heterocycles. The maximum absolute atomic E-state index is 12.8. The first kappa shape index (κ1) is 19.0. The molecule has 0 aliphatic rings. The van der Waals surface area contributed by atoms with Crippen LogP contribution in [0.15, 0.2) is 48.5 Å². The number of nitrogens with one attached hydrogen (secondary N) is 2. The average molecular weight is 388 g/mol. The minimum Gasteiger partial charge on any atom is -0.492 e. The molecule has 0 aromatic heterocycles. The van der Waals surface area contributed by atoms with Crippen LogP contribution in [0, 0.1) is 5.82 Å². The Labute approximate surface area is 145 Å². The number of hydrogen-bond donors (Lipinski definition) is 2. The summed E-state index contributed by atoms with van der Waals surface area (Å²) < 4.78 is 69.1. The lowest BCUT2D eigenvalue weighted by Gasteiger charge is -2.11. The van der Waals surface area contributed by atoms with Crippen LogP contribution in [0.3, 0.4) is 0 Å². The van der Waals surface area contributed by atoms with Gasteiger partial charge in [0.15, 0.2) is 0 Å². The molecular formula is C15H17FN2O5S2. The van der Waals surface area contributed by atoms with E-state index in [1.165, 1.54) is 48.5 Å². The Hall–Kier alpha value is -2.33. The monoisotopic (exact) mass is 388 g/mol. The molecule has 0 unspecified atom stereocenters. The van der Waals surface area contributed by atoms with Gasteiger partial charge in [-0.1, -0.05) is 6.07 Å². The van der Waals surface area contributed by atoms with Gasteiger partial charge >= 0.3 is 0 Å². The minimum absolute atomic E-state index is 0.123. The zero-order chi connectivity index (χ0) is 18.5. The fourth-order valence-corrected chi connectivity index (χ4v) is 3.34. The standard InChI is InChI=1S/C15H17FN2O5S2/c1-24(19,20)17-13-3-2-4-14(11-13)18-25(21,22)10-9-23-15-7-5-12(16)6-8-15/h2-8,11,17-18H,9-10H2,1H3. The Morgan fingerprint density at radius 3 is 2.16 bits per heavy atom. The highest BCUT2D eigenvalue weighted by Crippen LogP contribution is 2.17. The van der Waals surface area contributed by atoms with E-state index in [1.807, 2.05) is 0 Å². The number of ether oxygens (including phenoxy) is 1. The quantitative estimate of drug-likeness (QED) is 0.720. The maximum atomic E-state index is 12.8. The summed E-state index contributed by atoms with van der Waals surface area (Å²) in [6.07, 6.45) is 0.997. The first-order chi connectivity index (χ1) is 11.6. The third-order valence-electron chi connectivity index (χ3n) is 2.87. The number of anilines is 2. The topological polar surface area (TPSA) is 102 Å².